The van der Waals surface area contributed by atoms with E-state index >= 15 is 0 Å². The Kier molecular flexibility index (Phi) is 4.16. The van der Waals surface area contributed by atoms with Gasteiger partial charge in [0.1, 0.15) is 0 Å². The molecule has 2 N–H and O–H groups in total. The second kappa shape index (κ2) is 5.84. The molecule has 5 heteroatoms. The summed E-state index contributed by atoms with van der Waals surface area (Å²) in [6.07, 6.45) is 0. The first-order valence-corrected chi connectivity index (χ1v) is 6.55. The minimum absolute atomic E-state index is 0.249. The average Bonchev–Trinajstić information content (AvgIpc) is 2.36. The standard InChI is InChI=1S/C14H13BrN2O2/c1-9-3-2-4-11(17-9)8-16-10-5-6-12(14(18)19)13(15)7-10/h2-7,16H,8H2,1H3,(H,18,19). The fourth-order valence-corrected chi connectivity index (χ4v) is 2.24. The Morgan fingerprint density at radius 2 is 2.16 bits per heavy atom. The fourth-order valence-electron chi connectivity index (χ4n) is 1.69. The monoisotopic (exact) mass is 320 g/mol. The van der Waals surface area contributed by atoms with Crippen molar-refractivity contribution in [1.29, 1.82) is 0 Å². The third-order valence-corrected chi connectivity index (χ3v) is 3.28. The Labute approximate surface area is 119 Å². The average molecular weight is 321 g/mol. The van der Waals surface area contributed by atoms with Crippen LogP contribution in [0.1, 0.15) is 21.7 Å². The number of carbonyl (C=O) groups is 1. The minimum Gasteiger partial charge on any atom is -0.478 e. The van der Waals surface area contributed by atoms with Gasteiger partial charge >= 0.3 is 5.97 Å². The molecule has 0 saturated heterocycles. The summed E-state index contributed by atoms with van der Waals surface area (Å²) >= 11 is 3.25. The highest BCUT2D eigenvalue weighted by Crippen LogP contribution is 2.21. The van der Waals surface area contributed by atoms with Crippen molar-refractivity contribution in [3.05, 3.63) is 57.8 Å². The summed E-state index contributed by atoms with van der Waals surface area (Å²) < 4.78 is 0.558. The first kappa shape index (κ1) is 13.5. The van der Waals surface area contributed by atoms with Gasteiger partial charge in [-0.25, -0.2) is 4.79 Å². The van der Waals surface area contributed by atoms with Crippen LogP contribution in [0.4, 0.5) is 5.69 Å². The largest absolute Gasteiger partial charge is 0.478 e. The lowest BCUT2D eigenvalue weighted by atomic mass is 10.2. The Morgan fingerprint density at radius 3 is 2.79 bits per heavy atom. The normalized spacial score (nSPS) is 10.2. The number of anilines is 1. The molecule has 0 atom stereocenters. The molecule has 1 aromatic carbocycles. The number of pyridine rings is 1. The number of carboxylic acid groups (broad SMARTS) is 1. The molecule has 0 saturated carbocycles. The van der Waals surface area contributed by atoms with Crippen molar-refractivity contribution in [2.75, 3.05) is 5.32 Å². The molecule has 0 fully saturated rings. The maximum atomic E-state index is 10.9. The highest BCUT2D eigenvalue weighted by atomic mass is 79.9. The van der Waals surface area contributed by atoms with Crippen molar-refractivity contribution in [3.63, 3.8) is 0 Å². The van der Waals surface area contributed by atoms with Gasteiger partial charge in [0.25, 0.3) is 0 Å². The molecule has 98 valence electrons. The van der Waals surface area contributed by atoms with E-state index in [1.807, 2.05) is 25.1 Å². The lowest BCUT2D eigenvalue weighted by molar-refractivity contribution is 0.0696. The molecule has 0 spiro atoms. The van der Waals surface area contributed by atoms with Crippen molar-refractivity contribution < 1.29 is 9.90 Å². The van der Waals surface area contributed by atoms with E-state index in [0.29, 0.717) is 11.0 Å². The Balaban J connectivity index is 2.08. The van der Waals surface area contributed by atoms with Gasteiger partial charge < -0.3 is 10.4 Å². The van der Waals surface area contributed by atoms with Crippen LogP contribution in [-0.2, 0) is 6.54 Å². The number of aromatic carboxylic acids is 1. The third-order valence-electron chi connectivity index (χ3n) is 2.62. The van der Waals surface area contributed by atoms with Crippen molar-refractivity contribution in [1.82, 2.24) is 4.98 Å². The zero-order valence-corrected chi connectivity index (χ0v) is 11.9. The van der Waals surface area contributed by atoms with Gasteiger partial charge in [0.05, 0.1) is 17.8 Å². The summed E-state index contributed by atoms with van der Waals surface area (Å²) in [7, 11) is 0. The number of carboxylic acids is 1. The second-order valence-electron chi connectivity index (χ2n) is 4.12. The molecule has 4 nitrogen and oxygen atoms in total. The summed E-state index contributed by atoms with van der Waals surface area (Å²) in [6.45, 7) is 2.54. The van der Waals surface area contributed by atoms with Crippen LogP contribution in [0.2, 0.25) is 0 Å². The van der Waals surface area contributed by atoms with E-state index in [2.05, 4.69) is 26.2 Å². The van der Waals surface area contributed by atoms with E-state index in [1.165, 1.54) is 0 Å². The van der Waals surface area contributed by atoms with Crippen LogP contribution in [-0.4, -0.2) is 16.1 Å². The van der Waals surface area contributed by atoms with E-state index < -0.39 is 5.97 Å². The second-order valence-corrected chi connectivity index (χ2v) is 4.98. The van der Waals surface area contributed by atoms with Crippen LogP contribution in [0.25, 0.3) is 0 Å². The molecule has 0 radical (unpaired) electrons. The number of aryl methyl sites for hydroxylation is 1. The Hall–Kier alpha value is -1.88. The van der Waals surface area contributed by atoms with Gasteiger partial charge in [0, 0.05) is 15.9 Å². The first-order chi connectivity index (χ1) is 9.06. The minimum atomic E-state index is -0.946. The van der Waals surface area contributed by atoms with Gasteiger partial charge in [0.15, 0.2) is 0 Å². The third kappa shape index (κ3) is 3.54. The van der Waals surface area contributed by atoms with Crippen LogP contribution < -0.4 is 5.32 Å². The number of hydrogen-bond donors (Lipinski definition) is 2. The highest BCUT2D eigenvalue weighted by molar-refractivity contribution is 9.10. The lowest BCUT2D eigenvalue weighted by Gasteiger charge is -2.08. The van der Waals surface area contributed by atoms with Gasteiger partial charge in [-0.3, -0.25) is 4.98 Å². The fraction of sp³-hybridized carbons (Fsp3) is 0.143. The van der Waals surface area contributed by atoms with Crippen LogP contribution >= 0.6 is 15.9 Å². The van der Waals surface area contributed by atoms with Crippen LogP contribution in [0.3, 0.4) is 0 Å². The molecule has 0 aliphatic carbocycles. The predicted octanol–water partition coefficient (Wildman–Crippen LogP) is 3.46. The van der Waals surface area contributed by atoms with Gasteiger partial charge in [-0.05, 0) is 53.2 Å². The predicted molar refractivity (Wildman–Crippen MR) is 77.4 cm³/mol. The van der Waals surface area contributed by atoms with E-state index in [4.69, 9.17) is 5.11 Å². The lowest BCUT2D eigenvalue weighted by Crippen LogP contribution is -2.03. The number of halogens is 1. The molecule has 1 aromatic heterocycles. The Morgan fingerprint density at radius 1 is 1.37 bits per heavy atom. The number of nitrogens with zero attached hydrogens (tertiary/aromatic N) is 1. The quantitative estimate of drug-likeness (QED) is 0.905. The van der Waals surface area contributed by atoms with Crippen molar-refractivity contribution in [3.8, 4) is 0 Å². The van der Waals surface area contributed by atoms with E-state index in [0.717, 1.165) is 17.1 Å². The summed E-state index contributed by atoms with van der Waals surface area (Å²) in [5, 5.41) is 12.1. The molecule has 2 rings (SSSR count). The van der Waals surface area contributed by atoms with Crippen molar-refractivity contribution in [2.45, 2.75) is 13.5 Å². The number of benzene rings is 1. The van der Waals surface area contributed by atoms with Crippen LogP contribution in [0.5, 0.6) is 0 Å². The molecule has 1 heterocycles. The first-order valence-electron chi connectivity index (χ1n) is 5.75. The smallest absolute Gasteiger partial charge is 0.336 e. The molecule has 0 aliphatic heterocycles. The molecule has 19 heavy (non-hydrogen) atoms. The summed E-state index contributed by atoms with van der Waals surface area (Å²) in [5.41, 5.74) is 3.01. The van der Waals surface area contributed by atoms with E-state index in [9.17, 15) is 4.79 Å². The highest BCUT2D eigenvalue weighted by Gasteiger charge is 2.08. The van der Waals surface area contributed by atoms with Crippen LogP contribution in [0.15, 0.2) is 40.9 Å². The SMILES string of the molecule is Cc1cccc(CNc2ccc(C(=O)O)c(Br)c2)n1. The summed E-state index contributed by atoms with van der Waals surface area (Å²) in [5.74, 6) is -0.946. The van der Waals surface area contributed by atoms with Crippen molar-refractivity contribution in [2.24, 2.45) is 0 Å². The molecule has 0 bridgehead atoms. The van der Waals surface area contributed by atoms with Gasteiger partial charge in [-0.1, -0.05) is 6.07 Å². The number of aromatic nitrogens is 1. The molecular formula is C14H13BrN2O2. The maximum absolute atomic E-state index is 10.9. The Bertz CT molecular complexity index is 614. The van der Waals surface area contributed by atoms with Crippen molar-refractivity contribution >= 4 is 27.6 Å². The topological polar surface area (TPSA) is 62.2 Å². The number of rotatable bonds is 4. The van der Waals surface area contributed by atoms with Gasteiger partial charge in [0.2, 0.25) is 0 Å². The molecule has 0 unspecified atom stereocenters. The molecule has 2 aromatic rings. The van der Waals surface area contributed by atoms with Gasteiger partial charge in [-0.2, -0.15) is 0 Å². The molecule has 0 aliphatic rings. The maximum Gasteiger partial charge on any atom is 0.336 e. The molecular weight excluding hydrogens is 308 g/mol. The van der Waals surface area contributed by atoms with Gasteiger partial charge in [-0.15, -0.1) is 0 Å². The zero-order valence-electron chi connectivity index (χ0n) is 10.4. The number of nitrogens with one attached hydrogen (secondary N) is 1. The van der Waals surface area contributed by atoms with E-state index in [1.54, 1.807) is 18.2 Å². The summed E-state index contributed by atoms with van der Waals surface area (Å²) in [6, 6.07) is 10.9. The molecule has 0 amide bonds. The number of hydrogen-bond acceptors (Lipinski definition) is 3. The van der Waals surface area contributed by atoms with Crippen LogP contribution in [0, 0.1) is 6.92 Å². The van der Waals surface area contributed by atoms with E-state index in [-0.39, 0.29) is 5.56 Å². The zero-order chi connectivity index (χ0) is 13.8. The summed E-state index contributed by atoms with van der Waals surface area (Å²) in [4.78, 5) is 15.3.